The summed E-state index contributed by atoms with van der Waals surface area (Å²) in [5, 5.41) is 8.66. The van der Waals surface area contributed by atoms with Crippen molar-refractivity contribution in [3.8, 4) is 22.6 Å². The van der Waals surface area contributed by atoms with E-state index in [1.165, 1.54) is 5.56 Å². The summed E-state index contributed by atoms with van der Waals surface area (Å²) in [6, 6.07) is 16.5. The van der Waals surface area contributed by atoms with Gasteiger partial charge in [-0.2, -0.15) is 5.10 Å². The fourth-order valence-electron chi connectivity index (χ4n) is 3.54. The first kappa shape index (κ1) is 16.6. The van der Waals surface area contributed by atoms with Gasteiger partial charge in [0, 0.05) is 29.9 Å². The molecular formula is C22H20N6. The zero-order valence-electron chi connectivity index (χ0n) is 15.8. The Morgan fingerprint density at radius 1 is 0.929 bits per heavy atom. The van der Waals surface area contributed by atoms with E-state index in [1.807, 2.05) is 36.7 Å². The summed E-state index contributed by atoms with van der Waals surface area (Å²) in [4.78, 5) is 14.6. The highest BCUT2D eigenvalue weighted by Gasteiger charge is 2.13. The van der Waals surface area contributed by atoms with Gasteiger partial charge in [0.2, 0.25) is 0 Å². The number of pyridine rings is 1. The number of benzene rings is 2. The smallest absolute Gasteiger partial charge is 0.159 e. The summed E-state index contributed by atoms with van der Waals surface area (Å²) in [7, 11) is 4.12. The Labute approximate surface area is 162 Å². The van der Waals surface area contributed by atoms with Gasteiger partial charge in [-0.1, -0.05) is 18.2 Å². The van der Waals surface area contributed by atoms with E-state index in [4.69, 9.17) is 4.98 Å². The molecule has 0 spiro atoms. The third-order valence-corrected chi connectivity index (χ3v) is 4.80. The average molecular weight is 368 g/mol. The fraction of sp³-hybridized carbons (Fsp3) is 0.136. The molecule has 3 aromatic heterocycles. The van der Waals surface area contributed by atoms with Gasteiger partial charge in [0.25, 0.3) is 0 Å². The molecule has 0 radical (unpaired) electrons. The molecule has 0 bridgehead atoms. The first-order valence-electron chi connectivity index (χ1n) is 9.20. The van der Waals surface area contributed by atoms with Crippen molar-refractivity contribution in [3.05, 3.63) is 66.5 Å². The molecule has 0 saturated heterocycles. The number of aromatic amines is 2. The van der Waals surface area contributed by atoms with Crippen LogP contribution < -0.4 is 0 Å². The number of hydrogen-bond acceptors (Lipinski definition) is 4. The van der Waals surface area contributed by atoms with Crippen LogP contribution in [0.3, 0.4) is 0 Å². The molecule has 2 N–H and O–H groups in total. The van der Waals surface area contributed by atoms with E-state index < -0.39 is 0 Å². The predicted molar refractivity (Wildman–Crippen MR) is 112 cm³/mol. The Hall–Kier alpha value is -3.51. The van der Waals surface area contributed by atoms with Crippen LogP contribution in [0.1, 0.15) is 5.56 Å². The van der Waals surface area contributed by atoms with E-state index in [9.17, 15) is 0 Å². The van der Waals surface area contributed by atoms with E-state index in [0.717, 1.165) is 51.1 Å². The number of H-pyrrole nitrogens is 2. The molecule has 5 aromatic rings. The second kappa shape index (κ2) is 6.58. The summed E-state index contributed by atoms with van der Waals surface area (Å²) in [6.07, 6.45) is 3.82. The lowest BCUT2D eigenvalue weighted by Crippen LogP contribution is -2.10. The predicted octanol–water partition coefficient (Wildman–Crippen LogP) is 4.23. The largest absolute Gasteiger partial charge is 0.337 e. The number of rotatable bonds is 4. The number of para-hydroxylation sites is 2. The van der Waals surface area contributed by atoms with Crippen LogP contribution in [0.2, 0.25) is 0 Å². The summed E-state index contributed by atoms with van der Waals surface area (Å²) in [5.74, 6) is 0.768. The van der Waals surface area contributed by atoms with Crippen LogP contribution in [0, 0.1) is 0 Å². The molecule has 5 rings (SSSR count). The molecule has 2 aromatic carbocycles. The summed E-state index contributed by atoms with van der Waals surface area (Å²) in [6.45, 7) is 0.860. The summed E-state index contributed by atoms with van der Waals surface area (Å²) >= 11 is 0. The van der Waals surface area contributed by atoms with Gasteiger partial charge >= 0.3 is 0 Å². The lowest BCUT2D eigenvalue weighted by atomic mass is 10.0. The van der Waals surface area contributed by atoms with Crippen LogP contribution in [0.5, 0.6) is 0 Å². The molecule has 0 aliphatic heterocycles. The minimum atomic E-state index is 0.768. The number of nitrogens with one attached hydrogen (secondary N) is 2. The quantitative estimate of drug-likeness (QED) is 0.498. The summed E-state index contributed by atoms with van der Waals surface area (Å²) in [5.41, 5.74) is 7.14. The van der Waals surface area contributed by atoms with Crippen molar-refractivity contribution in [3.63, 3.8) is 0 Å². The van der Waals surface area contributed by atoms with Crippen molar-refractivity contribution in [2.45, 2.75) is 6.54 Å². The van der Waals surface area contributed by atoms with Crippen molar-refractivity contribution in [1.82, 2.24) is 30.0 Å². The molecule has 6 heteroatoms. The van der Waals surface area contributed by atoms with Gasteiger partial charge in [-0.25, -0.2) is 4.98 Å². The van der Waals surface area contributed by atoms with Crippen LogP contribution in [0.25, 0.3) is 44.6 Å². The second-order valence-electron chi connectivity index (χ2n) is 7.25. The monoisotopic (exact) mass is 368 g/mol. The van der Waals surface area contributed by atoms with Crippen molar-refractivity contribution in [2.75, 3.05) is 14.1 Å². The van der Waals surface area contributed by atoms with Crippen molar-refractivity contribution >= 4 is 21.9 Å². The van der Waals surface area contributed by atoms with Crippen molar-refractivity contribution in [1.29, 1.82) is 0 Å². The maximum absolute atomic E-state index is 4.70. The Kier molecular flexibility index (Phi) is 3.91. The van der Waals surface area contributed by atoms with E-state index in [1.54, 1.807) is 0 Å². The van der Waals surface area contributed by atoms with Crippen molar-refractivity contribution in [2.24, 2.45) is 0 Å². The zero-order chi connectivity index (χ0) is 19.1. The van der Waals surface area contributed by atoms with Gasteiger partial charge in [0.1, 0.15) is 5.69 Å². The van der Waals surface area contributed by atoms with E-state index in [0.29, 0.717) is 0 Å². The number of aromatic nitrogens is 5. The van der Waals surface area contributed by atoms with Crippen LogP contribution in [0.15, 0.2) is 60.9 Å². The molecule has 3 heterocycles. The minimum absolute atomic E-state index is 0.768. The van der Waals surface area contributed by atoms with Crippen molar-refractivity contribution < 1.29 is 0 Å². The van der Waals surface area contributed by atoms with Gasteiger partial charge in [0.15, 0.2) is 5.82 Å². The molecule has 0 fully saturated rings. The van der Waals surface area contributed by atoms with E-state index in [-0.39, 0.29) is 0 Å². The molecule has 6 nitrogen and oxygen atoms in total. The third kappa shape index (κ3) is 2.93. The van der Waals surface area contributed by atoms with E-state index in [2.05, 4.69) is 63.4 Å². The van der Waals surface area contributed by atoms with Crippen LogP contribution >= 0.6 is 0 Å². The topological polar surface area (TPSA) is 73.5 Å². The second-order valence-corrected chi connectivity index (χ2v) is 7.25. The first-order valence-corrected chi connectivity index (χ1v) is 9.20. The average Bonchev–Trinajstić information content (AvgIpc) is 3.30. The Morgan fingerprint density at radius 3 is 2.68 bits per heavy atom. The highest BCUT2D eigenvalue weighted by Crippen LogP contribution is 2.30. The highest BCUT2D eigenvalue weighted by molar-refractivity contribution is 5.95. The molecule has 0 aliphatic rings. The molecule has 0 unspecified atom stereocenters. The number of hydrogen-bond donors (Lipinski definition) is 2. The number of imidazole rings is 1. The SMILES string of the molecule is CN(C)Cc1cncc(-c2ccc3[nH]nc(-c4nc5ccccc5[nH]4)c3c2)c1. The minimum Gasteiger partial charge on any atom is -0.337 e. The van der Waals surface area contributed by atoms with Crippen LogP contribution in [0.4, 0.5) is 0 Å². The normalized spacial score (nSPS) is 11.7. The highest BCUT2D eigenvalue weighted by atomic mass is 15.1. The molecule has 0 atom stereocenters. The molecule has 0 aliphatic carbocycles. The van der Waals surface area contributed by atoms with Gasteiger partial charge in [0.05, 0.1) is 16.6 Å². The Bertz CT molecular complexity index is 1250. The van der Waals surface area contributed by atoms with Gasteiger partial charge in [-0.3, -0.25) is 10.1 Å². The third-order valence-electron chi connectivity index (χ3n) is 4.80. The first-order chi connectivity index (χ1) is 13.7. The number of nitrogens with zero attached hydrogens (tertiary/aromatic N) is 4. The molecule has 138 valence electrons. The van der Waals surface area contributed by atoms with Gasteiger partial charge in [-0.15, -0.1) is 0 Å². The maximum atomic E-state index is 4.70. The van der Waals surface area contributed by atoms with Gasteiger partial charge in [-0.05, 0) is 55.6 Å². The lowest BCUT2D eigenvalue weighted by molar-refractivity contribution is 0.402. The van der Waals surface area contributed by atoms with Crippen LogP contribution in [-0.4, -0.2) is 44.1 Å². The lowest BCUT2D eigenvalue weighted by Gasteiger charge is -2.10. The molecular weight excluding hydrogens is 348 g/mol. The molecule has 0 saturated carbocycles. The molecule has 28 heavy (non-hydrogen) atoms. The Morgan fingerprint density at radius 2 is 1.82 bits per heavy atom. The fourth-order valence-corrected chi connectivity index (χ4v) is 3.54. The number of fused-ring (bicyclic) bond motifs is 2. The van der Waals surface area contributed by atoms with Gasteiger partial charge < -0.3 is 9.88 Å². The van der Waals surface area contributed by atoms with E-state index >= 15 is 0 Å². The molecule has 0 amide bonds. The maximum Gasteiger partial charge on any atom is 0.159 e. The zero-order valence-corrected chi connectivity index (χ0v) is 15.8. The Balaban J connectivity index is 1.60. The summed E-state index contributed by atoms with van der Waals surface area (Å²) < 4.78 is 0. The van der Waals surface area contributed by atoms with Crippen LogP contribution in [-0.2, 0) is 6.54 Å². The standard InChI is InChI=1S/C22H20N6/c1-28(2)13-14-9-16(12-23-11-14)15-7-8-18-17(10-15)21(27-26-18)22-24-19-5-3-4-6-20(19)25-22/h3-12H,13H2,1-2H3,(H,24,25)(H,26,27).